The fraction of sp³-hybridized carbons (Fsp3) is 0.652. The lowest BCUT2D eigenvalue weighted by Crippen LogP contribution is -2.08. The Morgan fingerprint density at radius 3 is 2.04 bits per heavy atom. The van der Waals surface area contributed by atoms with Gasteiger partial charge >= 0.3 is 11.9 Å². The van der Waals surface area contributed by atoms with Crippen molar-refractivity contribution in [2.24, 2.45) is 0 Å². The van der Waals surface area contributed by atoms with Gasteiger partial charge in [0.15, 0.2) is 11.6 Å². The Labute approximate surface area is 168 Å². The Balaban J connectivity index is 1.90. The van der Waals surface area contributed by atoms with Crippen LogP contribution < -0.4 is 4.74 Å². The van der Waals surface area contributed by atoms with E-state index in [0.29, 0.717) is 19.4 Å². The van der Waals surface area contributed by atoms with E-state index in [1.54, 1.807) is 12.1 Å². The van der Waals surface area contributed by atoms with Crippen molar-refractivity contribution < 1.29 is 23.5 Å². The van der Waals surface area contributed by atoms with Crippen molar-refractivity contribution >= 4 is 11.9 Å². The lowest BCUT2D eigenvalue weighted by Gasteiger charge is -2.06. The smallest absolute Gasteiger partial charge is 0.311 e. The molecule has 4 nitrogen and oxygen atoms in total. The first kappa shape index (κ1) is 24.1. The maximum Gasteiger partial charge on any atom is 0.311 e. The van der Waals surface area contributed by atoms with Crippen LogP contribution in [0.4, 0.5) is 4.39 Å². The molecule has 0 fully saturated rings. The highest BCUT2D eigenvalue weighted by Crippen LogP contribution is 2.17. The third-order valence-corrected chi connectivity index (χ3v) is 4.58. The summed E-state index contributed by atoms with van der Waals surface area (Å²) in [5.41, 5.74) is 0. The van der Waals surface area contributed by atoms with Crippen LogP contribution in [-0.2, 0) is 14.3 Å². The summed E-state index contributed by atoms with van der Waals surface area (Å²) in [5.74, 6) is -1.03. The normalized spacial score (nSPS) is 10.6. The quantitative estimate of drug-likeness (QED) is 0.186. The predicted molar refractivity (Wildman–Crippen MR) is 109 cm³/mol. The minimum Gasteiger partial charge on any atom is -0.466 e. The molecule has 0 aliphatic rings. The van der Waals surface area contributed by atoms with Gasteiger partial charge in [0.05, 0.1) is 6.61 Å². The third kappa shape index (κ3) is 12.5. The second-order valence-corrected chi connectivity index (χ2v) is 7.16. The number of carbonyl (C=O) groups excluding carboxylic acids is 2. The zero-order chi connectivity index (χ0) is 20.5. The van der Waals surface area contributed by atoms with Crippen LogP contribution in [0.15, 0.2) is 24.3 Å². The standard InChI is InChI=1S/C23H35FO4/c1-2-3-4-9-14-19-27-22(25)17-10-7-5-6-8-11-18-23(26)28-21-16-13-12-15-20(21)24/h12-13,15-16H,2-11,14,17-19H2,1H3. The van der Waals surface area contributed by atoms with Crippen molar-refractivity contribution in [2.45, 2.75) is 90.4 Å². The van der Waals surface area contributed by atoms with Crippen molar-refractivity contribution in [3.8, 4) is 5.75 Å². The molecule has 0 atom stereocenters. The van der Waals surface area contributed by atoms with Crippen LogP contribution in [0.25, 0.3) is 0 Å². The van der Waals surface area contributed by atoms with E-state index >= 15 is 0 Å². The van der Waals surface area contributed by atoms with Crippen molar-refractivity contribution in [1.29, 1.82) is 0 Å². The predicted octanol–water partition coefficient (Wildman–Crippen LogP) is 6.37. The number of hydrogen-bond acceptors (Lipinski definition) is 4. The Kier molecular flexibility index (Phi) is 13.9. The van der Waals surface area contributed by atoms with Crippen LogP contribution in [0.1, 0.15) is 90.4 Å². The summed E-state index contributed by atoms with van der Waals surface area (Å²) < 4.78 is 23.6. The fourth-order valence-electron chi connectivity index (χ4n) is 2.91. The molecule has 0 aliphatic heterocycles. The highest BCUT2D eigenvalue weighted by molar-refractivity contribution is 5.72. The van der Waals surface area contributed by atoms with Gasteiger partial charge in [-0.3, -0.25) is 9.59 Å². The van der Waals surface area contributed by atoms with Gasteiger partial charge in [-0.25, -0.2) is 4.39 Å². The summed E-state index contributed by atoms with van der Waals surface area (Å²) in [5, 5.41) is 0. The van der Waals surface area contributed by atoms with E-state index < -0.39 is 11.8 Å². The van der Waals surface area contributed by atoms with E-state index in [9.17, 15) is 14.0 Å². The van der Waals surface area contributed by atoms with E-state index in [2.05, 4.69) is 6.92 Å². The molecule has 0 amide bonds. The molecule has 0 aromatic heterocycles. The minimum atomic E-state index is -0.522. The number of para-hydroxylation sites is 1. The molecular formula is C23H35FO4. The van der Waals surface area contributed by atoms with Crippen molar-refractivity contribution in [3.05, 3.63) is 30.1 Å². The number of halogens is 1. The van der Waals surface area contributed by atoms with Gasteiger partial charge in [0.2, 0.25) is 0 Å². The van der Waals surface area contributed by atoms with Gasteiger partial charge in [-0.2, -0.15) is 0 Å². The molecule has 0 saturated heterocycles. The summed E-state index contributed by atoms with van der Waals surface area (Å²) in [7, 11) is 0. The molecule has 158 valence electrons. The zero-order valence-electron chi connectivity index (χ0n) is 17.2. The number of unbranched alkanes of at least 4 members (excludes halogenated alkanes) is 9. The number of hydrogen-bond donors (Lipinski definition) is 0. The molecule has 1 rings (SSSR count). The number of esters is 2. The van der Waals surface area contributed by atoms with Gasteiger partial charge in [-0.05, 0) is 31.4 Å². The van der Waals surface area contributed by atoms with Crippen LogP contribution in [0.3, 0.4) is 0 Å². The topological polar surface area (TPSA) is 52.6 Å². The van der Waals surface area contributed by atoms with Crippen LogP contribution >= 0.6 is 0 Å². The first-order chi connectivity index (χ1) is 13.6. The molecule has 0 heterocycles. The number of benzene rings is 1. The Morgan fingerprint density at radius 1 is 0.786 bits per heavy atom. The van der Waals surface area contributed by atoms with E-state index in [4.69, 9.17) is 9.47 Å². The Hall–Kier alpha value is -1.91. The Morgan fingerprint density at radius 2 is 1.36 bits per heavy atom. The first-order valence-electron chi connectivity index (χ1n) is 10.7. The fourth-order valence-corrected chi connectivity index (χ4v) is 2.91. The van der Waals surface area contributed by atoms with Gasteiger partial charge in [-0.15, -0.1) is 0 Å². The van der Waals surface area contributed by atoms with Gasteiger partial charge in [0.25, 0.3) is 0 Å². The number of carbonyl (C=O) groups is 2. The molecule has 0 saturated carbocycles. The molecule has 0 radical (unpaired) electrons. The summed E-state index contributed by atoms with van der Waals surface area (Å²) in [6.45, 7) is 2.73. The molecule has 1 aromatic carbocycles. The Bertz CT molecular complexity index is 559. The van der Waals surface area contributed by atoms with Gasteiger partial charge in [0, 0.05) is 12.8 Å². The summed E-state index contributed by atoms with van der Waals surface area (Å²) in [6, 6.07) is 5.91. The molecule has 0 bridgehead atoms. The van der Waals surface area contributed by atoms with Crippen molar-refractivity contribution in [2.75, 3.05) is 6.61 Å². The van der Waals surface area contributed by atoms with E-state index in [-0.39, 0.29) is 11.7 Å². The van der Waals surface area contributed by atoms with E-state index in [1.165, 1.54) is 31.4 Å². The maximum atomic E-state index is 13.4. The van der Waals surface area contributed by atoms with Crippen LogP contribution in [0, 0.1) is 5.82 Å². The molecule has 0 spiro atoms. The largest absolute Gasteiger partial charge is 0.466 e. The second-order valence-electron chi connectivity index (χ2n) is 7.16. The van der Waals surface area contributed by atoms with Crippen molar-refractivity contribution in [3.63, 3.8) is 0 Å². The monoisotopic (exact) mass is 394 g/mol. The lowest BCUT2D eigenvalue weighted by molar-refractivity contribution is -0.144. The van der Waals surface area contributed by atoms with Crippen molar-refractivity contribution in [1.82, 2.24) is 0 Å². The van der Waals surface area contributed by atoms with Gasteiger partial charge in [-0.1, -0.05) is 70.4 Å². The van der Waals surface area contributed by atoms with Crippen LogP contribution in [-0.4, -0.2) is 18.5 Å². The van der Waals surface area contributed by atoms with Crippen LogP contribution in [0.2, 0.25) is 0 Å². The summed E-state index contributed by atoms with van der Waals surface area (Å²) in [6.07, 6.45) is 12.1. The molecule has 1 aromatic rings. The first-order valence-corrected chi connectivity index (χ1v) is 10.7. The number of rotatable bonds is 16. The van der Waals surface area contributed by atoms with Gasteiger partial charge < -0.3 is 9.47 Å². The maximum absolute atomic E-state index is 13.4. The van der Waals surface area contributed by atoms with E-state index in [1.807, 2.05) is 0 Å². The average molecular weight is 395 g/mol. The molecular weight excluding hydrogens is 359 g/mol. The van der Waals surface area contributed by atoms with E-state index in [0.717, 1.165) is 51.4 Å². The highest BCUT2D eigenvalue weighted by Gasteiger charge is 2.08. The molecule has 0 N–H and O–H groups in total. The second kappa shape index (κ2) is 16.1. The highest BCUT2D eigenvalue weighted by atomic mass is 19.1. The summed E-state index contributed by atoms with van der Waals surface area (Å²) in [4.78, 5) is 23.3. The van der Waals surface area contributed by atoms with Gasteiger partial charge in [0.1, 0.15) is 0 Å². The minimum absolute atomic E-state index is 0.0136. The zero-order valence-corrected chi connectivity index (χ0v) is 17.2. The molecule has 0 aliphatic carbocycles. The molecule has 28 heavy (non-hydrogen) atoms. The lowest BCUT2D eigenvalue weighted by atomic mass is 10.1. The SMILES string of the molecule is CCCCCCCOC(=O)CCCCCCCCC(=O)Oc1ccccc1F. The molecule has 0 unspecified atom stereocenters. The average Bonchev–Trinajstić information content (AvgIpc) is 2.68. The third-order valence-electron chi connectivity index (χ3n) is 4.58. The molecule has 5 heteroatoms. The van der Waals surface area contributed by atoms with Crippen LogP contribution in [0.5, 0.6) is 5.75 Å². The number of ether oxygens (including phenoxy) is 2. The summed E-state index contributed by atoms with van der Waals surface area (Å²) >= 11 is 0.